The number of thiazole rings is 1. The first kappa shape index (κ1) is 20.9. The van der Waals surface area contributed by atoms with Gasteiger partial charge in [0.1, 0.15) is 27.5 Å². The minimum absolute atomic E-state index is 0.420. The van der Waals surface area contributed by atoms with Crippen molar-refractivity contribution >= 4 is 34.3 Å². The Labute approximate surface area is 176 Å². The lowest BCUT2D eigenvalue weighted by atomic mass is 10.1. The van der Waals surface area contributed by atoms with Gasteiger partial charge in [-0.2, -0.15) is 5.26 Å². The van der Waals surface area contributed by atoms with Crippen molar-refractivity contribution in [1.82, 2.24) is 19.5 Å². The molecule has 28 heavy (non-hydrogen) atoms. The lowest BCUT2D eigenvalue weighted by Gasteiger charge is -2.13. The molecule has 0 aliphatic heterocycles. The molecule has 3 aromatic rings. The summed E-state index contributed by atoms with van der Waals surface area (Å²) in [6, 6.07) is 4.17. The molecule has 0 spiro atoms. The average molecular weight is 432 g/mol. The van der Waals surface area contributed by atoms with E-state index in [-0.39, 0.29) is 0 Å². The van der Waals surface area contributed by atoms with Crippen molar-refractivity contribution in [1.29, 1.82) is 5.26 Å². The Bertz CT molecular complexity index is 978. The number of nitrogens with zero attached hydrogens (tertiary/aromatic N) is 5. The second kappa shape index (κ2) is 9.56. The molecule has 3 heterocycles. The van der Waals surface area contributed by atoms with Gasteiger partial charge in [0.05, 0.1) is 17.6 Å². The molecule has 0 radical (unpaired) electrons. The van der Waals surface area contributed by atoms with E-state index in [0.717, 1.165) is 34.8 Å². The van der Waals surface area contributed by atoms with E-state index in [1.807, 2.05) is 30.0 Å². The number of thioether (sulfide) groups is 1. The van der Waals surface area contributed by atoms with E-state index in [2.05, 4.69) is 27.9 Å². The molecular weight excluding hydrogens is 410 g/mol. The molecule has 3 aromatic heterocycles. The normalized spacial score (nSPS) is 12.1. The molecule has 9 heteroatoms. The third-order valence-corrected chi connectivity index (χ3v) is 7.92. The van der Waals surface area contributed by atoms with Crippen LogP contribution in [0, 0.1) is 18.3 Å². The maximum Gasteiger partial charge on any atom is 0.156 e. The lowest BCUT2D eigenvalue weighted by molar-refractivity contribution is 0.596. The first-order valence-corrected chi connectivity index (χ1v) is 12.2. The van der Waals surface area contributed by atoms with E-state index < -0.39 is 11.2 Å². The third kappa shape index (κ3) is 4.58. The number of rotatable bonds is 8. The fraction of sp³-hybridized carbons (Fsp3) is 0.368. The average Bonchev–Trinajstić information content (AvgIpc) is 3.35. The summed E-state index contributed by atoms with van der Waals surface area (Å²) in [7, 11) is 1.92. The number of hydrogen-bond acceptors (Lipinski definition) is 7. The monoisotopic (exact) mass is 431 g/mol. The van der Waals surface area contributed by atoms with Crippen LogP contribution in [0.25, 0.3) is 22.0 Å². The summed E-state index contributed by atoms with van der Waals surface area (Å²) in [6.45, 7) is 4.05. The minimum atomic E-state index is -0.945. The number of unbranched alkanes of at least 4 members (excludes halogenated alkanes) is 1. The molecule has 0 aliphatic rings. The first-order valence-electron chi connectivity index (χ1n) is 8.86. The van der Waals surface area contributed by atoms with Gasteiger partial charge in [0.25, 0.3) is 0 Å². The number of aromatic nitrogens is 4. The van der Waals surface area contributed by atoms with E-state index >= 15 is 0 Å². The van der Waals surface area contributed by atoms with Gasteiger partial charge < -0.3 is 9.12 Å². The van der Waals surface area contributed by atoms with Gasteiger partial charge in [-0.1, -0.05) is 25.1 Å². The molecule has 0 saturated heterocycles. The van der Waals surface area contributed by atoms with E-state index in [9.17, 15) is 9.81 Å². The van der Waals surface area contributed by atoms with Crippen LogP contribution in [0.1, 0.15) is 31.0 Å². The van der Waals surface area contributed by atoms with Gasteiger partial charge in [0, 0.05) is 29.9 Å². The molecule has 0 N–H and O–H groups in total. The molecule has 0 saturated carbocycles. The van der Waals surface area contributed by atoms with Crippen molar-refractivity contribution < 1.29 is 4.55 Å². The van der Waals surface area contributed by atoms with Crippen LogP contribution in [-0.2, 0) is 18.2 Å². The smallest absolute Gasteiger partial charge is 0.156 e. The van der Waals surface area contributed by atoms with Crippen molar-refractivity contribution in [3.05, 3.63) is 35.2 Å². The van der Waals surface area contributed by atoms with Crippen LogP contribution in [0.15, 0.2) is 29.0 Å². The highest BCUT2D eigenvalue weighted by molar-refractivity contribution is 8.12. The van der Waals surface area contributed by atoms with Crippen molar-refractivity contribution in [2.75, 3.05) is 10.8 Å². The zero-order chi connectivity index (χ0) is 20.1. The Morgan fingerprint density at radius 2 is 2.21 bits per heavy atom. The number of hydrogen-bond donors (Lipinski definition) is 0. The molecular formula is C19H21N5OS3. The molecule has 146 valence electrons. The molecule has 3 rings (SSSR count). The molecule has 6 nitrogen and oxygen atoms in total. The topological polar surface area (TPSA) is 90.4 Å². The second-order valence-corrected chi connectivity index (χ2v) is 10.0. The molecule has 0 bridgehead atoms. The van der Waals surface area contributed by atoms with Crippen molar-refractivity contribution in [3.63, 3.8) is 0 Å². The summed E-state index contributed by atoms with van der Waals surface area (Å²) in [5.41, 5.74) is 3.64. The third-order valence-electron chi connectivity index (χ3n) is 4.29. The summed E-state index contributed by atoms with van der Waals surface area (Å²) >= 11 is 1.92. The van der Waals surface area contributed by atoms with Gasteiger partial charge in [0.15, 0.2) is 5.08 Å². The summed E-state index contributed by atoms with van der Waals surface area (Å²) in [6.07, 6.45) is 5.42. The van der Waals surface area contributed by atoms with Gasteiger partial charge in [0.2, 0.25) is 0 Å². The Kier molecular flexibility index (Phi) is 7.13. The molecule has 0 amide bonds. The number of imidazole rings is 1. The van der Waals surface area contributed by atoms with Crippen LogP contribution in [-0.4, -0.2) is 34.9 Å². The molecule has 1 atom stereocenters. The van der Waals surface area contributed by atoms with Crippen molar-refractivity contribution in [2.24, 2.45) is 7.05 Å². The van der Waals surface area contributed by atoms with Crippen LogP contribution >= 0.6 is 23.1 Å². The predicted molar refractivity (Wildman–Crippen MR) is 116 cm³/mol. The van der Waals surface area contributed by atoms with Crippen LogP contribution in [0.4, 0.5) is 0 Å². The predicted octanol–water partition coefficient (Wildman–Crippen LogP) is 4.38. The van der Waals surface area contributed by atoms with Crippen molar-refractivity contribution in [2.45, 2.75) is 31.7 Å². The fourth-order valence-corrected chi connectivity index (χ4v) is 5.74. The molecule has 0 aliphatic carbocycles. The zero-order valence-corrected chi connectivity index (χ0v) is 18.5. The van der Waals surface area contributed by atoms with Gasteiger partial charge in [-0.15, -0.1) is 11.3 Å². The van der Waals surface area contributed by atoms with Crippen LogP contribution in [0.3, 0.4) is 0 Å². The standard InChI is InChI=1S/C19H21N5OS3/c1-4-5-8-28(25)12-27-18-15(10-20)14(17-13(2)24(3)11-22-17)9-16(23-18)19-21-6-7-26-19/h6-7,9,11H,4-5,8,12H2,1-3H3. The molecule has 0 fully saturated rings. The minimum Gasteiger partial charge on any atom is -0.616 e. The van der Waals surface area contributed by atoms with Gasteiger partial charge in [-0.25, -0.2) is 15.0 Å². The van der Waals surface area contributed by atoms with Gasteiger partial charge in [-0.05, 0) is 30.6 Å². The summed E-state index contributed by atoms with van der Waals surface area (Å²) in [5, 5.41) is 13.5. The Hall–Kier alpha value is -1.86. The maximum atomic E-state index is 12.3. The summed E-state index contributed by atoms with van der Waals surface area (Å²) in [4.78, 5) is 13.5. The molecule has 1 unspecified atom stereocenters. The lowest BCUT2D eigenvalue weighted by Crippen LogP contribution is -2.09. The van der Waals surface area contributed by atoms with E-state index in [4.69, 9.17) is 0 Å². The largest absolute Gasteiger partial charge is 0.616 e. The summed E-state index contributed by atoms with van der Waals surface area (Å²) < 4.78 is 14.2. The Balaban J connectivity index is 2.05. The van der Waals surface area contributed by atoms with E-state index in [1.54, 1.807) is 12.5 Å². The Morgan fingerprint density at radius 1 is 1.39 bits per heavy atom. The second-order valence-electron chi connectivity index (χ2n) is 6.23. The van der Waals surface area contributed by atoms with E-state index in [0.29, 0.717) is 27.1 Å². The Morgan fingerprint density at radius 3 is 2.82 bits per heavy atom. The SMILES string of the molecule is CCCC[S+]([O-])CSc1nc(-c2nccs2)cc(-c2ncn(C)c2C)c1C#N. The number of pyridine rings is 1. The highest BCUT2D eigenvalue weighted by Crippen LogP contribution is 2.35. The summed E-state index contributed by atoms with van der Waals surface area (Å²) in [5.74, 6) is 0.670. The fourth-order valence-electron chi connectivity index (χ4n) is 2.62. The quantitative estimate of drug-likeness (QED) is 0.388. The van der Waals surface area contributed by atoms with Crippen LogP contribution < -0.4 is 0 Å². The van der Waals surface area contributed by atoms with Crippen molar-refractivity contribution in [3.8, 4) is 28.0 Å². The zero-order valence-electron chi connectivity index (χ0n) is 16.0. The first-order chi connectivity index (χ1) is 13.5. The van der Waals surface area contributed by atoms with E-state index in [1.165, 1.54) is 23.1 Å². The number of nitriles is 1. The highest BCUT2D eigenvalue weighted by Gasteiger charge is 2.21. The van der Waals surface area contributed by atoms with Crippen LogP contribution in [0.5, 0.6) is 0 Å². The highest BCUT2D eigenvalue weighted by atomic mass is 32.3. The maximum absolute atomic E-state index is 12.3. The van der Waals surface area contributed by atoms with Gasteiger partial charge in [-0.3, -0.25) is 0 Å². The number of aryl methyl sites for hydroxylation is 1. The van der Waals surface area contributed by atoms with Gasteiger partial charge >= 0.3 is 0 Å². The molecule has 0 aromatic carbocycles. The van der Waals surface area contributed by atoms with Crippen LogP contribution in [0.2, 0.25) is 0 Å².